The molecule has 2 rings (SSSR count). The molecule has 0 spiro atoms. The van der Waals surface area contributed by atoms with Crippen LogP contribution in [0.25, 0.3) is 0 Å². The molecule has 1 aliphatic rings. The molecule has 1 aliphatic carbocycles. The van der Waals surface area contributed by atoms with Crippen molar-refractivity contribution >= 4 is 17.5 Å². The molecule has 1 aromatic carbocycles. The highest BCUT2D eigenvalue weighted by Gasteiger charge is 2.49. The molecule has 1 N–H and O–H groups in total. The summed E-state index contributed by atoms with van der Waals surface area (Å²) in [5, 5.41) is 3.07. The van der Waals surface area contributed by atoms with Crippen LogP contribution in [0.1, 0.15) is 36.2 Å². The van der Waals surface area contributed by atoms with Crippen LogP contribution in [0.2, 0.25) is 0 Å². The fraction of sp³-hybridized carbons (Fsp3) is 0.533. The number of nitrogens with one attached hydrogen (secondary N) is 1. The summed E-state index contributed by atoms with van der Waals surface area (Å²) in [7, 11) is 1.72. The number of alkyl halides is 1. The summed E-state index contributed by atoms with van der Waals surface area (Å²) in [5.41, 5.74) is 1.67. The Bertz CT molecular complexity index is 456. The number of halogens is 1. The highest BCUT2D eigenvalue weighted by Crippen LogP contribution is 2.42. The molecule has 0 radical (unpaired) electrons. The van der Waals surface area contributed by atoms with Gasteiger partial charge in [-0.2, -0.15) is 0 Å². The van der Waals surface area contributed by atoms with Crippen molar-refractivity contribution < 1.29 is 9.53 Å². The van der Waals surface area contributed by atoms with Gasteiger partial charge in [0.05, 0.1) is 6.10 Å². The molecule has 0 bridgehead atoms. The third kappa shape index (κ3) is 2.77. The van der Waals surface area contributed by atoms with Crippen molar-refractivity contribution in [2.75, 3.05) is 7.11 Å². The van der Waals surface area contributed by atoms with Gasteiger partial charge in [-0.05, 0) is 24.1 Å². The molecule has 1 aromatic rings. The molecule has 0 heterocycles. The summed E-state index contributed by atoms with van der Waals surface area (Å²) < 4.78 is 5.38. The van der Waals surface area contributed by atoms with Gasteiger partial charge in [0.1, 0.15) is 0 Å². The van der Waals surface area contributed by atoms with Crippen molar-refractivity contribution in [3.63, 3.8) is 0 Å². The average Bonchev–Trinajstić information content (AvgIpc) is 2.42. The van der Waals surface area contributed by atoms with Gasteiger partial charge in [0.15, 0.2) is 0 Å². The highest BCUT2D eigenvalue weighted by atomic mass is 35.5. The Morgan fingerprint density at radius 3 is 2.53 bits per heavy atom. The number of carbonyl (C=O) groups excluding carboxylic acids is 1. The van der Waals surface area contributed by atoms with Crippen LogP contribution in [0.5, 0.6) is 0 Å². The van der Waals surface area contributed by atoms with Crippen LogP contribution in [-0.4, -0.2) is 25.2 Å². The Morgan fingerprint density at radius 1 is 1.42 bits per heavy atom. The number of ether oxygens (including phenoxy) is 1. The number of benzene rings is 1. The van der Waals surface area contributed by atoms with Crippen molar-refractivity contribution in [3.8, 4) is 0 Å². The lowest BCUT2D eigenvalue weighted by atomic mass is 9.64. The third-order valence-corrected chi connectivity index (χ3v) is 4.45. The third-order valence-electron chi connectivity index (χ3n) is 4.14. The largest absolute Gasteiger partial charge is 0.381 e. The molecular formula is C15H20ClNO2. The van der Waals surface area contributed by atoms with E-state index in [9.17, 15) is 4.79 Å². The molecule has 0 saturated heterocycles. The van der Waals surface area contributed by atoms with Gasteiger partial charge in [-0.3, -0.25) is 4.79 Å². The Balaban J connectivity index is 1.98. The number of amides is 1. The fourth-order valence-corrected chi connectivity index (χ4v) is 2.70. The maximum Gasteiger partial charge on any atom is 0.251 e. The molecule has 4 heteroatoms. The Hall–Kier alpha value is -1.06. The second-order valence-corrected chi connectivity index (χ2v) is 5.91. The number of hydrogen-bond donors (Lipinski definition) is 1. The van der Waals surface area contributed by atoms with Gasteiger partial charge in [0.2, 0.25) is 0 Å². The van der Waals surface area contributed by atoms with Gasteiger partial charge in [-0.1, -0.05) is 26.0 Å². The molecule has 1 fully saturated rings. The Labute approximate surface area is 119 Å². The normalized spacial score (nSPS) is 24.6. The number of rotatable bonds is 4. The van der Waals surface area contributed by atoms with Crippen LogP contribution in [0.15, 0.2) is 24.3 Å². The molecular weight excluding hydrogens is 262 g/mol. The maximum absolute atomic E-state index is 12.1. The van der Waals surface area contributed by atoms with Crippen molar-refractivity contribution in [2.45, 2.75) is 38.3 Å². The molecule has 0 aliphatic heterocycles. The standard InChI is InChI=1S/C15H20ClNO2/c1-15(2)12(8-13(15)19-3)17-14(18)11-6-4-10(9-16)5-7-11/h4-7,12-13H,8-9H2,1-3H3,(H,17,18). The van der Waals surface area contributed by atoms with Gasteiger partial charge < -0.3 is 10.1 Å². The number of carbonyl (C=O) groups is 1. The van der Waals surface area contributed by atoms with Gasteiger partial charge in [0.25, 0.3) is 5.91 Å². The second kappa shape index (κ2) is 5.51. The van der Waals surface area contributed by atoms with Crippen molar-refractivity contribution in [3.05, 3.63) is 35.4 Å². The second-order valence-electron chi connectivity index (χ2n) is 5.64. The number of methoxy groups -OCH3 is 1. The lowest BCUT2D eigenvalue weighted by Crippen LogP contribution is -2.61. The molecule has 0 aromatic heterocycles. The van der Waals surface area contributed by atoms with E-state index in [1.807, 2.05) is 24.3 Å². The molecule has 19 heavy (non-hydrogen) atoms. The first-order valence-electron chi connectivity index (χ1n) is 6.47. The quantitative estimate of drug-likeness (QED) is 0.862. The van der Waals surface area contributed by atoms with Gasteiger partial charge in [0, 0.05) is 30.0 Å². The van der Waals surface area contributed by atoms with Crippen LogP contribution < -0.4 is 5.32 Å². The zero-order valence-corrected chi connectivity index (χ0v) is 12.3. The predicted octanol–water partition coefficient (Wildman–Crippen LogP) is 2.97. The van der Waals surface area contributed by atoms with E-state index in [1.54, 1.807) is 7.11 Å². The van der Waals surface area contributed by atoms with E-state index >= 15 is 0 Å². The summed E-state index contributed by atoms with van der Waals surface area (Å²) in [4.78, 5) is 12.1. The van der Waals surface area contributed by atoms with Gasteiger partial charge in [-0.25, -0.2) is 0 Å². The Kier molecular flexibility index (Phi) is 4.16. The van der Waals surface area contributed by atoms with Crippen LogP contribution in [0.4, 0.5) is 0 Å². The topological polar surface area (TPSA) is 38.3 Å². The molecule has 2 atom stereocenters. The summed E-state index contributed by atoms with van der Waals surface area (Å²) in [6.45, 7) is 4.23. The first-order valence-corrected chi connectivity index (χ1v) is 7.01. The van der Waals surface area contributed by atoms with E-state index < -0.39 is 0 Å². The molecule has 104 valence electrons. The monoisotopic (exact) mass is 281 g/mol. The summed E-state index contributed by atoms with van der Waals surface area (Å²) >= 11 is 5.73. The van der Waals surface area contributed by atoms with E-state index in [0.717, 1.165) is 12.0 Å². The lowest BCUT2D eigenvalue weighted by molar-refractivity contribution is -0.0942. The van der Waals surface area contributed by atoms with Crippen LogP contribution in [0, 0.1) is 5.41 Å². The first-order chi connectivity index (χ1) is 8.98. The molecule has 1 saturated carbocycles. The van der Waals surface area contributed by atoms with Crippen LogP contribution in [0.3, 0.4) is 0 Å². The molecule has 3 nitrogen and oxygen atoms in total. The molecule has 1 amide bonds. The fourth-order valence-electron chi connectivity index (χ4n) is 2.52. The summed E-state index contributed by atoms with van der Waals surface area (Å²) in [6.07, 6.45) is 1.09. The van der Waals surface area contributed by atoms with E-state index in [2.05, 4.69) is 19.2 Å². The zero-order valence-electron chi connectivity index (χ0n) is 11.6. The average molecular weight is 282 g/mol. The summed E-state index contributed by atoms with van der Waals surface area (Å²) in [5.74, 6) is 0.432. The van der Waals surface area contributed by atoms with Crippen LogP contribution >= 0.6 is 11.6 Å². The maximum atomic E-state index is 12.1. The van der Waals surface area contributed by atoms with Crippen LogP contribution in [-0.2, 0) is 10.6 Å². The SMILES string of the molecule is COC1CC(NC(=O)c2ccc(CCl)cc2)C1(C)C. The van der Waals surface area contributed by atoms with E-state index in [1.165, 1.54) is 0 Å². The van der Waals surface area contributed by atoms with E-state index in [4.69, 9.17) is 16.3 Å². The number of hydrogen-bond acceptors (Lipinski definition) is 2. The minimum atomic E-state index is -0.0336. The van der Waals surface area contributed by atoms with Crippen molar-refractivity contribution in [2.24, 2.45) is 5.41 Å². The van der Waals surface area contributed by atoms with E-state index in [-0.39, 0.29) is 23.5 Å². The minimum absolute atomic E-state index is 0.0134. The minimum Gasteiger partial charge on any atom is -0.381 e. The van der Waals surface area contributed by atoms with E-state index in [0.29, 0.717) is 11.4 Å². The molecule has 2 unspecified atom stereocenters. The van der Waals surface area contributed by atoms with Crippen molar-refractivity contribution in [1.82, 2.24) is 5.32 Å². The predicted molar refractivity (Wildman–Crippen MR) is 76.4 cm³/mol. The van der Waals surface area contributed by atoms with Crippen molar-refractivity contribution in [1.29, 1.82) is 0 Å². The smallest absolute Gasteiger partial charge is 0.251 e. The first kappa shape index (κ1) is 14.4. The Morgan fingerprint density at radius 2 is 2.05 bits per heavy atom. The lowest BCUT2D eigenvalue weighted by Gasteiger charge is -2.51. The van der Waals surface area contributed by atoms with Gasteiger partial charge >= 0.3 is 0 Å². The van der Waals surface area contributed by atoms with Gasteiger partial charge in [-0.15, -0.1) is 11.6 Å². The highest BCUT2D eigenvalue weighted by molar-refractivity contribution is 6.17. The summed E-state index contributed by atoms with van der Waals surface area (Å²) in [6, 6.07) is 7.55. The zero-order chi connectivity index (χ0) is 14.0.